The summed E-state index contributed by atoms with van der Waals surface area (Å²) in [5.41, 5.74) is 2.85. The van der Waals surface area contributed by atoms with Crippen molar-refractivity contribution in [2.75, 3.05) is 13.6 Å². The number of carbonyl (C=O) groups is 1. The van der Waals surface area contributed by atoms with E-state index in [0.29, 0.717) is 0 Å². The highest BCUT2D eigenvalue weighted by Crippen LogP contribution is 1.69. The molecule has 0 radical (unpaired) electrons. The molecule has 0 saturated heterocycles. The van der Waals surface area contributed by atoms with Crippen molar-refractivity contribution in [2.45, 2.75) is 13.3 Å². The van der Waals surface area contributed by atoms with Crippen LogP contribution >= 0.6 is 0 Å². The Morgan fingerprint density at radius 2 is 2.38 bits per heavy atom. The molecular weight excluding hydrogens is 104 g/mol. The van der Waals surface area contributed by atoms with Crippen LogP contribution in [0.25, 0.3) is 0 Å². The van der Waals surface area contributed by atoms with Gasteiger partial charge in [0.1, 0.15) is 0 Å². The van der Waals surface area contributed by atoms with Gasteiger partial charge in [-0.1, -0.05) is 6.92 Å². The van der Waals surface area contributed by atoms with Crippen molar-refractivity contribution in [1.82, 2.24) is 10.4 Å². The second-order valence-electron chi connectivity index (χ2n) is 1.62. The fourth-order valence-electron chi connectivity index (χ4n) is 0.325. The van der Waals surface area contributed by atoms with Crippen molar-refractivity contribution in [2.24, 2.45) is 0 Å². The maximum Gasteiger partial charge on any atom is 0.223 e. The molecule has 0 aromatic heterocycles. The summed E-state index contributed by atoms with van der Waals surface area (Å²) in [6.07, 6.45) is 1.79. The maximum absolute atomic E-state index is 9.87. The summed E-state index contributed by atoms with van der Waals surface area (Å²) in [5.74, 6) is 0. The maximum atomic E-state index is 9.87. The van der Waals surface area contributed by atoms with E-state index in [0.717, 1.165) is 19.4 Å². The van der Waals surface area contributed by atoms with Gasteiger partial charge in [0.15, 0.2) is 0 Å². The van der Waals surface area contributed by atoms with Gasteiger partial charge in [-0.15, -0.1) is 0 Å². The highest BCUT2D eigenvalue weighted by atomic mass is 16.1. The molecule has 0 aromatic carbocycles. The van der Waals surface area contributed by atoms with Crippen molar-refractivity contribution in [3.05, 3.63) is 0 Å². The minimum atomic E-state index is 0.746. The fraction of sp³-hybridized carbons (Fsp3) is 0.800. The van der Waals surface area contributed by atoms with E-state index in [2.05, 4.69) is 5.43 Å². The third-order valence-corrected chi connectivity index (χ3v) is 0.769. The molecule has 3 nitrogen and oxygen atoms in total. The first-order valence-corrected chi connectivity index (χ1v) is 2.73. The molecule has 0 spiro atoms. The predicted molar refractivity (Wildman–Crippen MR) is 32.1 cm³/mol. The number of carbonyl (C=O) groups excluding carboxylic acids is 1. The van der Waals surface area contributed by atoms with Crippen LogP contribution in [0.15, 0.2) is 0 Å². The van der Waals surface area contributed by atoms with Crippen molar-refractivity contribution < 1.29 is 4.79 Å². The van der Waals surface area contributed by atoms with Gasteiger partial charge in [-0.2, -0.15) is 0 Å². The summed E-state index contributed by atoms with van der Waals surface area (Å²) in [6.45, 7) is 2.90. The first kappa shape index (κ1) is 7.43. The molecule has 1 N–H and O–H groups in total. The smallest absolute Gasteiger partial charge is 0.223 e. The zero-order valence-corrected chi connectivity index (χ0v) is 5.35. The number of hydrazine groups is 1. The monoisotopic (exact) mass is 116 g/mol. The van der Waals surface area contributed by atoms with Gasteiger partial charge in [0.05, 0.1) is 0 Å². The molecule has 0 unspecified atom stereocenters. The standard InChI is InChI=1S/C5H12N2O/c1-3-4-6-7(2)5-8/h5-6H,3-4H2,1-2H3. The van der Waals surface area contributed by atoms with Gasteiger partial charge >= 0.3 is 0 Å². The summed E-state index contributed by atoms with van der Waals surface area (Å²) in [4.78, 5) is 9.87. The molecule has 8 heavy (non-hydrogen) atoms. The van der Waals surface area contributed by atoms with Gasteiger partial charge in [0.25, 0.3) is 0 Å². The number of nitrogens with zero attached hydrogens (tertiary/aromatic N) is 1. The van der Waals surface area contributed by atoms with E-state index in [4.69, 9.17) is 0 Å². The van der Waals surface area contributed by atoms with E-state index in [1.807, 2.05) is 6.92 Å². The second kappa shape index (κ2) is 4.59. The lowest BCUT2D eigenvalue weighted by atomic mass is 10.5. The lowest BCUT2D eigenvalue weighted by molar-refractivity contribution is -0.119. The summed E-state index contributed by atoms with van der Waals surface area (Å²) < 4.78 is 0. The minimum absolute atomic E-state index is 0.746. The minimum Gasteiger partial charge on any atom is -0.284 e. The van der Waals surface area contributed by atoms with Crippen molar-refractivity contribution >= 4 is 6.41 Å². The van der Waals surface area contributed by atoms with Gasteiger partial charge in [-0.05, 0) is 6.42 Å². The Hall–Kier alpha value is -0.570. The van der Waals surface area contributed by atoms with Crippen LogP contribution in [0.3, 0.4) is 0 Å². The average molecular weight is 116 g/mol. The fourth-order valence-corrected chi connectivity index (χ4v) is 0.325. The van der Waals surface area contributed by atoms with E-state index in [1.165, 1.54) is 5.01 Å². The molecule has 1 amide bonds. The molecule has 0 atom stereocenters. The largest absolute Gasteiger partial charge is 0.284 e. The predicted octanol–water partition coefficient (Wildman–Crippen LogP) is -0.0108. The molecule has 0 aliphatic carbocycles. The molecule has 3 heteroatoms. The van der Waals surface area contributed by atoms with Gasteiger partial charge in [0, 0.05) is 13.6 Å². The van der Waals surface area contributed by atoms with E-state index in [-0.39, 0.29) is 0 Å². The van der Waals surface area contributed by atoms with Crippen molar-refractivity contribution in [3.8, 4) is 0 Å². The molecule has 0 aromatic rings. The number of amides is 1. The third-order valence-electron chi connectivity index (χ3n) is 0.769. The van der Waals surface area contributed by atoms with Gasteiger partial charge in [-0.3, -0.25) is 9.80 Å². The van der Waals surface area contributed by atoms with Crippen LogP contribution in [-0.4, -0.2) is 25.0 Å². The zero-order valence-electron chi connectivity index (χ0n) is 5.35. The SMILES string of the molecule is CCCNN(C)C=O. The number of rotatable bonds is 4. The lowest BCUT2D eigenvalue weighted by Gasteiger charge is -2.09. The van der Waals surface area contributed by atoms with Crippen molar-refractivity contribution in [3.63, 3.8) is 0 Å². The van der Waals surface area contributed by atoms with E-state index in [1.54, 1.807) is 7.05 Å². The first-order chi connectivity index (χ1) is 3.81. The van der Waals surface area contributed by atoms with Crippen LogP contribution in [0, 0.1) is 0 Å². The Balaban J connectivity index is 2.98. The molecule has 0 saturated carbocycles. The van der Waals surface area contributed by atoms with Crippen LogP contribution in [0.1, 0.15) is 13.3 Å². The Bertz CT molecular complexity index is 65.4. The number of hydrogen-bond acceptors (Lipinski definition) is 2. The summed E-state index contributed by atoms with van der Waals surface area (Å²) in [5, 5.41) is 1.41. The topological polar surface area (TPSA) is 32.3 Å². The van der Waals surface area contributed by atoms with Gasteiger partial charge in [0.2, 0.25) is 6.41 Å². The highest BCUT2D eigenvalue weighted by molar-refractivity contribution is 5.45. The Morgan fingerprint density at radius 3 is 2.75 bits per heavy atom. The second-order valence-corrected chi connectivity index (χ2v) is 1.62. The highest BCUT2D eigenvalue weighted by Gasteiger charge is 1.85. The normalized spacial score (nSPS) is 8.75. The van der Waals surface area contributed by atoms with Crippen molar-refractivity contribution in [1.29, 1.82) is 0 Å². The summed E-state index contributed by atoms with van der Waals surface area (Å²) in [6, 6.07) is 0. The molecule has 48 valence electrons. The quantitative estimate of drug-likeness (QED) is 0.414. The summed E-state index contributed by atoms with van der Waals surface area (Å²) >= 11 is 0. The Labute approximate surface area is 49.6 Å². The van der Waals surface area contributed by atoms with Gasteiger partial charge in [-0.25, -0.2) is 5.43 Å². The molecule has 0 rings (SSSR count). The molecule has 0 aliphatic heterocycles. The van der Waals surface area contributed by atoms with Crippen LogP contribution in [-0.2, 0) is 4.79 Å². The third kappa shape index (κ3) is 3.61. The lowest BCUT2D eigenvalue weighted by Crippen LogP contribution is -2.33. The van der Waals surface area contributed by atoms with E-state index in [9.17, 15) is 4.79 Å². The molecular formula is C5H12N2O. The number of hydrogen-bond donors (Lipinski definition) is 1. The van der Waals surface area contributed by atoms with E-state index < -0.39 is 0 Å². The molecule has 0 heterocycles. The van der Waals surface area contributed by atoms with Crippen LogP contribution in [0.4, 0.5) is 0 Å². The van der Waals surface area contributed by atoms with Crippen LogP contribution in [0.2, 0.25) is 0 Å². The molecule has 0 bridgehead atoms. The van der Waals surface area contributed by atoms with Gasteiger partial charge < -0.3 is 0 Å². The molecule has 0 aliphatic rings. The van der Waals surface area contributed by atoms with Crippen LogP contribution in [0.5, 0.6) is 0 Å². The molecule has 0 fully saturated rings. The zero-order chi connectivity index (χ0) is 6.41. The van der Waals surface area contributed by atoms with Crippen LogP contribution < -0.4 is 5.43 Å². The average Bonchev–Trinajstić information content (AvgIpc) is 1.83. The summed E-state index contributed by atoms with van der Waals surface area (Å²) in [7, 11) is 1.68. The van der Waals surface area contributed by atoms with E-state index >= 15 is 0 Å². The Kier molecular flexibility index (Phi) is 4.26. The Morgan fingerprint density at radius 1 is 1.75 bits per heavy atom. The number of nitrogens with one attached hydrogen (secondary N) is 1. The first-order valence-electron chi connectivity index (χ1n) is 2.73.